The number of anilines is 1. The largest absolute Gasteiger partial charge is 0.312 e. The molecule has 4 rings (SSSR count). The van der Waals surface area contributed by atoms with Gasteiger partial charge in [-0.3, -0.25) is 4.99 Å². The highest BCUT2D eigenvalue weighted by molar-refractivity contribution is 8.13. The van der Waals surface area contributed by atoms with E-state index < -0.39 is 9.84 Å². The van der Waals surface area contributed by atoms with Crippen molar-refractivity contribution in [2.45, 2.75) is 17.8 Å². The number of thioether (sulfide) groups is 1. The van der Waals surface area contributed by atoms with Crippen molar-refractivity contribution >= 4 is 44.1 Å². The number of rotatable bonds is 3. The Balaban J connectivity index is 1.64. The monoisotopic (exact) mass is 410 g/mol. The van der Waals surface area contributed by atoms with Crippen molar-refractivity contribution in [1.29, 1.82) is 0 Å². The quantitative estimate of drug-likeness (QED) is 0.773. The van der Waals surface area contributed by atoms with Crippen LogP contribution in [0.2, 0.25) is 5.02 Å². The first-order valence-corrected chi connectivity index (χ1v) is 11.3. The lowest BCUT2D eigenvalue weighted by Crippen LogP contribution is -2.39. The Bertz CT molecular complexity index is 981. The number of fused-ring (bicyclic) bond motifs is 1. The normalized spacial score (nSPS) is 23.8. The van der Waals surface area contributed by atoms with Crippen LogP contribution in [0.3, 0.4) is 0 Å². The molecule has 0 aliphatic carbocycles. The lowest BCUT2D eigenvalue weighted by molar-refractivity contribution is 0.600. The number of amidine groups is 1. The van der Waals surface area contributed by atoms with Crippen LogP contribution in [0.4, 0.5) is 10.1 Å². The van der Waals surface area contributed by atoms with E-state index >= 15 is 0 Å². The van der Waals surface area contributed by atoms with Gasteiger partial charge < -0.3 is 4.90 Å². The summed E-state index contributed by atoms with van der Waals surface area (Å²) in [5.74, 6) is 0.255. The Morgan fingerprint density at radius 3 is 2.77 bits per heavy atom. The molecule has 1 saturated heterocycles. The van der Waals surface area contributed by atoms with Crippen LogP contribution in [-0.4, -0.2) is 37.2 Å². The van der Waals surface area contributed by atoms with Gasteiger partial charge in [-0.2, -0.15) is 0 Å². The van der Waals surface area contributed by atoms with Crippen molar-refractivity contribution in [3.63, 3.8) is 0 Å². The molecule has 0 saturated carbocycles. The minimum Gasteiger partial charge on any atom is -0.312 e. The summed E-state index contributed by atoms with van der Waals surface area (Å²) in [6, 6.07) is 13.2. The number of nitrogens with zero attached hydrogens (tertiary/aromatic N) is 2. The maximum absolute atomic E-state index is 14.4. The lowest BCUT2D eigenvalue weighted by atomic mass is 10.1. The Morgan fingerprint density at radius 1 is 1.19 bits per heavy atom. The highest BCUT2D eigenvalue weighted by Crippen LogP contribution is 2.37. The van der Waals surface area contributed by atoms with E-state index in [0.717, 1.165) is 5.56 Å². The average molecular weight is 411 g/mol. The molecular formula is C18H16ClFN2O2S2. The molecule has 8 heteroatoms. The molecule has 2 atom stereocenters. The zero-order valence-electron chi connectivity index (χ0n) is 13.7. The topological polar surface area (TPSA) is 49.7 Å². The van der Waals surface area contributed by atoms with Gasteiger partial charge in [0.2, 0.25) is 0 Å². The molecule has 2 aromatic carbocycles. The van der Waals surface area contributed by atoms with E-state index in [2.05, 4.69) is 4.99 Å². The minimum atomic E-state index is -3.15. The second-order valence-electron chi connectivity index (χ2n) is 6.36. The van der Waals surface area contributed by atoms with E-state index in [9.17, 15) is 12.8 Å². The first-order valence-electron chi connectivity index (χ1n) is 8.12. The van der Waals surface area contributed by atoms with Gasteiger partial charge in [-0.1, -0.05) is 47.6 Å². The van der Waals surface area contributed by atoms with Crippen molar-refractivity contribution in [1.82, 2.24) is 0 Å². The smallest absolute Gasteiger partial charge is 0.164 e. The van der Waals surface area contributed by atoms with E-state index in [1.54, 1.807) is 23.1 Å². The first kappa shape index (κ1) is 17.8. The van der Waals surface area contributed by atoms with Gasteiger partial charge in [0.1, 0.15) is 5.82 Å². The number of para-hydroxylation sites is 1. The molecule has 136 valence electrons. The van der Waals surface area contributed by atoms with Gasteiger partial charge in [0.05, 0.1) is 29.3 Å². The van der Waals surface area contributed by atoms with E-state index in [4.69, 9.17) is 11.6 Å². The molecule has 0 aromatic heterocycles. The fourth-order valence-electron chi connectivity index (χ4n) is 3.34. The molecule has 0 radical (unpaired) electrons. The summed E-state index contributed by atoms with van der Waals surface area (Å²) in [5.41, 5.74) is 1.40. The van der Waals surface area contributed by atoms with Crippen LogP contribution in [0.25, 0.3) is 0 Å². The van der Waals surface area contributed by atoms with Gasteiger partial charge in [-0.05, 0) is 29.8 Å². The molecule has 1 fully saturated rings. The van der Waals surface area contributed by atoms with Crippen molar-refractivity contribution < 1.29 is 12.8 Å². The Kier molecular flexibility index (Phi) is 4.71. The number of benzene rings is 2. The molecule has 2 aromatic rings. The maximum atomic E-state index is 14.4. The summed E-state index contributed by atoms with van der Waals surface area (Å²) in [7, 11) is -3.15. The van der Waals surface area contributed by atoms with E-state index in [1.165, 1.54) is 17.8 Å². The molecule has 0 amide bonds. The number of halogens is 2. The predicted molar refractivity (Wildman–Crippen MR) is 105 cm³/mol. The van der Waals surface area contributed by atoms with Crippen molar-refractivity contribution in [3.05, 3.63) is 64.9 Å². The third-order valence-electron chi connectivity index (χ3n) is 4.48. The van der Waals surface area contributed by atoms with Crippen LogP contribution in [0, 0.1) is 5.82 Å². The maximum Gasteiger partial charge on any atom is 0.164 e. The predicted octanol–water partition coefficient (Wildman–Crippen LogP) is 3.75. The molecule has 2 aliphatic heterocycles. The Morgan fingerprint density at radius 2 is 2.00 bits per heavy atom. The molecular weight excluding hydrogens is 395 g/mol. The highest BCUT2D eigenvalue weighted by Gasteiger charge is 2.47. The Hall–Kier alpha value is -1.57. The van der Waals surface area contributed by atoms with Gasteiger partial charge in [0.25, 0.3) is 0 Å². The molecule has 2 unspecified atom stereocenters. The van der Waals surface area contributed by atoms with Crippen LogP contribution in [0.15, 0.2) is 53.5 Å². The zero-order valence-corrected chi connectivity index (χ0v) is 16.1. The summed E-state index contributed by atoms with van der Waals surface area (Å²) in [5, 5.41) is 1.31. The van der Waals surface area contributed by atoms with Crippen LogP contribution in [-0.2, 0) is 15.6 Å². The van der Waals surface area contributed by atoms with Crippen LogP contribution >= 0.6 is 23.4 Å². The second kappa shape index (κ2) is 6.87. The molecule has 0 bridgehead atoms. The van der Waals surface area contributed by atoms with Gasteiger partial charge in [0.15, 0.2) is 15.0 Å². The molecule has 26 heavy (non-hydrogen) atoms. The van der Waals surface area contributed by atoms with Crippen LogP contribution < -0.4 is 4.90 Å². The van der Waals surface area contributed by atoms with Crippen molar-refractivity contribution in [3.8, 4) is 0 Å². The van der Waals surface area contributed by atoms with Gasteiger partial charge in [-0.15, -0.1) is 0 Å². The standard InChI is InChI=1S/C18H16ClFN2O2S2/c19-13-5-3-4-12(8-13)9-25-18-21-15-10-26(23,24)11-17(15)22(18)16-7-2-1-6-14(16)20/h1-8,15,17H,9-11H2. The summed E-state index contributed by atoms with van der Waals surface area (Å²) in [6.45, 7) is 0. The van der Waals surface area contributed by atoms with Crippen LogP contribution in [0.5, 0.6) is 0 Å². The number of aliphatic imine (C=N–C) groups is 1. The molecule has 2 aliphatic rings. The molecule has 0 N–H and O–H groups in total. The van der Waals surface area contributed by atoms with Crippen molar-refractivity contribution in [2.24, 2.45) is 4.99 Å². The third kappa shape index (κ3) is 3.48. The Labute approximate surface area is 161 Å². The van der Waals surface area contributed by atoms with Crippen LogP contribution in [0.1, 0.15) is 5.56 Å². The molecule has 2 heterocycles. The van der Waals surface area contributed by atoms with E-state index in [0.29, 0.717) is 21.6 Å². The van der Waals surface area contributed by atoms with Crippen molar-refractivity contribution in [2.75, 3.05) is 16.4 Å². The number of hydrogen-bond acceptors (Lipinski definition) is 5. The molecule has 4 nitrogen and oxygen atoms in total. The van der Waals surface area contributed by atoms with Gasteiger partial charge in [0, 0.05) is 10.8 Å². The third-order valence-corrected chi connectivity index (χ3v) is 7.45. The number of hydrogen-bond donors (Lipinski definition) is 0. The zero-order chi connectivity index (χ0) is 18.3. The summed E-state index contributed by atoms with van der Waals surface area (Å²) in [4.78, 5) is 6.36. The summed E-state index contributed by atoms with van der Waals surface area (Å²) >= 11 is 7.50. The fraction of sp³-hybridized carbons (Fsp3) is 0.278. The second-order valence-corrected chi connectivity index (χ2v) is 9.90. The van der Waals surface area contributed by atoms with E-state index in [-0.39, 0.29) is 29.4 Å². The lowest BCUT2D eigenvalue weighted by Gasteiger charge is -2.26. The average Bonchev–Trinajstić information content (AvgIpc) is 3.05. The summed E-state index contributed by atoms with van der Waals surface area (Å²) < 4.78 is 38.4. The fourth-order valence-corrected chi connectivity index (χ4v) is 6.45. The van der Waals surface area contributed by atoms with Gasteiger partial charge >= 0.3 is 0 Å². The summed E-state index contributed by atoms with van der Waals surface area (Å²) in [6.07, 6.45) is 0. The van der Waals surface area contributed by atoms with Gasteiger partial charge in [-0.25, -0.2) is 12.8 Å². The SMILES string of the molecule is O=S1(=O)CC2N=C(SCc3cccc(Cl)c3)N(c3ccccc3F)C2C1. The number of sulfone groups is 1. The molecule has 0 spiro atoms. The highest BCUT2D eigenvalue weighted by atomic mass is 35.5. The minimum absolute atomic E-state index is 0.00325. The first-order chi connectivity index (χ1) is 12.4. The van der Waals surface area contributed by atoms with E-state index in [1.807, 2.05) is 24.3 Å².